The van der Waals surface area contributed by atoms with Gasteiger partial charge in [0.1, 0.15) is 11.5 Å². The predicted molar refractivity (Wildman–Crippen MR) is 121 cm³/mol. The summed E-state index contributed by atoms with van der Waals surface area (Å²) < 4.78 is 21.3. The van der Waals surface area contributed by atoms with E-state index >= 15 is 0 Å². The summed E-state index contributed by atoms with van der Waals surface area (Å²) in [5.41, 5.74) is 5.30. The zero-order valence-corrected chi connectivity index (χ0v) is 19.0. The molecular weight excluding hydrogens is 364 g/mol. The summed E-state index contributed by atoms with van der Waals surface area (Å²) in [6.45, 7) is 9.17. The largest absolute Gasteiger partial charge is 0.468 e. The molecule has 4 nitrogen and oxygen atoms in total. The molecule has 0 aliphatic carbocycles. The molecule has 0 unspecified atom stereocenters. The summed E-state index contributed by atoms with van der Waals surface area (Å²) >= 11 is 0. The molecule has 1 aromatic carbocycles. The van der Waals surface area contributed by atoms with Crippen LogP contribution in [0.2, 0.25) is 0 Å². The molecule has 1 aromatic rings. The Morgan fingerprint density at radius 1 is 0.793 bits per heavy atom. The van der Waals surface area contributed by atoms with Gasteiger partial charge in [0.15, 0.2) is 13.6 Å². The third kappa shape index (κ3) is 11.5. The van der Waals surface area contributed by atoms with Crippen molar-refractivity contribution in [1.29, 1.82) is 0 Å². The van der Waals surface area contributed by atoms with Gasteiger partial charge >= 0.3 is 0 Å². The van der Waals surface area contributed by atoms with E-state index in [1.54, 1.807) is 14.2 Å². The molecule has 0 aliphatic rings. The zero-order chi connectivity index (χ0) is 21.5. The topological polar surface area (TPSA) is 36.9 Å². The maximum absolute atomic E-state index is 5.69. The number of rotatable bonds is 14. The van der Waals surface area contributed by atoms with Gasteiger partial charge < -0.3 is 18.9 Å². The third-order valence-electron chi connectivity index (χ3n) is 4.50. The predicted octanol–water partition coefficient (Wildman–Crippen LogP) is 6.61. The van der Waals surface area contributed by atoms with Crippen molar-refractivity contribution in [1.82, 2.24) is 0 Å². The van der Waals surface area contributed by atoms with Crippen molar-refractivity contribution in [3.8, 4) is 11.5 Å². The number of methoxy groups -OCH3 is 2. The van der Waals surface area contributed by atoms with E-state index in [4.69, 9.17) is 18.9 Å². The molecule has 0 N–H and O–H groups in total. The normalized spacial score (nSPS) is 12.1. The Morgan fingerprint density at radius 3 is 2.07 bits per heavy atom. The van der Waals surface area contributed by atoms with Gasteiger partial charge in [-0.1, -0.05) is 34.9 Å². The van der Waals surface area contributed by atoms with Crippen LogP contribution >= 0.6 is 0 Å². The standard InChI is InChI=1S/C25H38O4/c1-20(2)9-7-10-21(3)11-8-12-22(4)13-14-23-17-24(28-18-26-5)15-16-25(23)29-19-27-6/h9,11,13,15-17H,7-8,10,12,14,18-19H2,1-6H3/b21-11+,22-13+. The first-order valence-electron chi connectivity index (χ1n) is 10.3. The van der Waals surface area contributed by atoms with Crippen LogP contribution in [0.4, 0.5) is 0 Å². The van der Waals surface area contributed by atoms with Gasteiger partial charge in [0.2, 0.25) is 0 Å². The van der Waals surface area contributed by atoms with E-state index in [1.807, 2.05) is 18.2 Å². The monoisotopic (exact) mass is 402 g/mol. The Morgan fingerprint density at radius 2 is 1.41 bits per heavy atom. The number of hydrogen-bond donors (Lipinski definition) is 0. The summed E-state index contributed by atoms with van der Waals surface area (Å²) in [4.78, 5) is 0. The third-order valence-corrected chi connectivity index (χ3v) is 4.50. The van der Waals surface area contributed by atoms with Gasteiger partial charge in [0, 0.05) is 19.8 Å². The Balaban J connectivity index is 2.64. The molecule has 0 radical (unpaired) electrons. The lowest BCUT2D eigenvalue weighted by atomic mass is 10.0. The van der Waals surface area contributed by atoms with E-state index in [1.165, 1.54) is 16.7 Å². The second-order valence-corrected chi connectivity index (χ2v) is 7.54. The van der Waals surface area contributed by atoms with Crippen LogP contribution in [0.1, 0.15) is 58.9 Å². The van der Waals surface area contributed by atoms with Crippen LogP contribution in [0.25, 0.3) is 0 Å². The summed E-state index contributed by atoms with van der Waals surface area (Å²) in [5.74, 6) is 1.59. The molecule has 0 saturated heterocycles. The van der Waals surface area contributed by atoms with E-state index in [9.17, 15) is 0 Å². The second kappa shape index (κ2) is 14.9. The molecule has 1 rings (SSSR count). The number of hydrogen-bond acceptors (Lipinski definition) is 4. The number of allylic oxidation sites excluding steroid dienone is 6. The van der Waals surface area contributed by atoms with Crippen LogP contribution in [0.15, 0.2) is 53.1 Å². The van der Waals surface area contributed by atoms with Gasteiger partial charge in [0.05, 0.1) is 0 Å². The molecule has 4 heteroatoms. The van der Waals surface area contributed by atoms with Crippen LogP contribution in [-0.2, 0) is 15.9 Å². The summed E-state index contributed by atoms with van der Waals surface area (Å²) in [6.07, 6.45) is 12.1. The van der Waals surface area contributed by atoms with E-state index in [0.29, 0.717) is 0 Å². The molecule has 0 spiro atoms. The van der Waals surface area contributed by atoms with Gasteiger partial charge in [0.25, 0.3) is 0 Å². The lowest BCUT2D eigenvalue weighted by molar-refractivity contribution is 0.0478. The van der Waals surface area contributed by atoms with Crippen molar-refractivity contribution in [2.24, 2.45) is 0 Å². The molecule has 29 heavy (non-hydrogen) atoms. The lowest BCUT2D eigenvalue weighted by Gasteiger charge is -2.12. The first-order chi connectivity index (χ1) is 14.0. The molecule has 0 amide bonds. The minimum absolute atomic E-state index is 0.227. The summed E-state index contributed by atoms with van der Waals surface area (Å²) in [7, 11) is 3.23. The van der Waals surface area contributed by atoms with Gasteiger partial charge in [-0.2, -0.15) is 0 Å². The molecule has 0 aromatic heterocycles. The average molecular weight is 403 g/mol. The van der Waals surface area contributed by atoms with Crippen LogP contribution in [0.3, 0.4) is 0 Å². The van der Waals surface area contributed by atoms with E-state index in [2.05, 4.69) is 45.9 Å². The zero-order valence-electron chi connectivity index (χ0n) is 19.0. The van der Waals surface area contributed by atoms with Crippen molar-refractivity contribution in [2.75, 3.05) is 27.8 Å². The second-order valence-electron chi connectivity index (χ2n) is 7.54. The molecule has 162 valence electrons. The number of benzene rings is 1. The van der Waals surface area contributed by atoms with E-state index in [-0.39, 0.29) is 13.6 Å². The van der Waals surface area contributed by atoms with Crippen molar-refractivity contribution in [2.45, 2.75) is 59.8 Å². The molecule has 0 heterocycles. The van der Waals surface area contributed by atoms with E-state index < -0.39 is 0 Å². The molecule has 0 saturated carbocycles. The highest BCUT2D eigenvalue weighted by Gasteiger charge is 2.06. The van der Waals surface area contributed by atoms with Gasteiger partial charge in [-0.25, -0.2) is 0 Å². The van der Waals surface area contributed by atoms with Gasteiger partial charge in [-0.3, -0.25) is 0 Å². The molecular formula is C25H38O4. The fourth-order valence-corrected chi connectivity index (χ4v) is 2.82. The maximum atomic E-state index is 5.69. The minimum Gasteiger partial charge on any atom is -0.468 e. The average Bonchev–Trinajstić information content (AvgIpc) is 2.69. The Bertz CT molecular complexity index is 682. The van der Waals surface area contributed by atoms with Crippen molar-refractivity contribution >= 4 is 0 Å². The van der Waals surface area contributed by atoms with Gasteiger partial charge in [-0.15, -0.1) is 0 Å². The van der Waals surface area contributed by atoms with Crippen molar-refractivity contribution < 1.29 is 18.9 Å². The quantitative estimate of drug-likeness (QED) is 0.259. The molecule has 0 bridgehead atoms. The Hall–Kier alpha value is -2.04. The van der Waals surface area contributed by atoms with Crippen molar-refractivity contribution in [3.05, 3.63) is 58.7 Å². The molecule has 0 aliphatic heterocycles. The lowest BCUT2D eigenvalue weighted by Crippen LogP contribution is -2.03. The summed E-state index contributed by atoms with van der Waals surface area (Å²) in [6, 6.07) is 5.80. The highest BCUT2D eigenvalue weighted by atomic mass is 16.7. The van der Waals surface area contributed by atoms with Gasteiger partial charge in [-0.05, 0) is 78.0 Å². The first kappa shape index (κ1) is 25.0. The van der Waals surface area contributed by atoms with Crippen LogP contribution in [0, 0.1) is 0 Å². The molecule has 0 atom stereocenters. The Labute approximate surface area is 177 Å². The Kier molecular flexibility index (Phi) is 12.8. The maximum Gasteiger partial charge on any atom is 0.188 e. The highest BCUT2D eigenvalue weighted by Crippen LogP contribution is 2.26. The molecule has 0 fully saturated rings. The SMILES string of the molecule is COCOc1ccc(OCOC)c(C/C=C(\C)CC/C=C(\C)CCC=C(C)C)c1. The number of ether oxygens (including phenoxy) is 4. The highest BCUT2D eigenvalue weighted by molar-refractivity contribution is 5.41. The fourth-order valence-electron chi connectivity index (χ4n) is 2.82. The van der Waals surface area contributed by atoms with E-state index in [0.717, 1.165) is 49.2 Å². The fraction of sp³-hybridized carbons (Fsp3) is 0.520. The minimum atomic E-state index is 0.227. The summed E-state index contributed by atoms with van der Waals surface area (Å²) in [5, 5.41) is 0. The first-order valence-corrected chi connectivity index (χ1v) is 10.3. The van der Waals surface area contributed by atoms with Crippen LogP contribution in [-0.4, -0.2) is 27.8 Å². The smallest absolute Gasteiger partial charge is 0.188 e. The van der Waals surface area contributed by atoms with Crippen LogP contribution < -0.4 is 9.47 Å². The van der Waals surface area contributed by atoms with Crippen LogP contribution in [0.5, 0.6) is 11.5 Å². The van der Waals surface area contributed by atoms with Crippen molar-refractivity contribution in [3.63, 3.8) is 0 Å².